The summed E-state index contributed by atoms with van der Waals surface area (Å²) in [7, 11) is 3.08. The zero-order chi connectivity index (χ0) is 28.3. The van der Waals surface area contributed by atoms with Crippen molar-refractivity contribution in [2.75, 3.05) is 32.3 Å². The van der Waals surface area contributed by atoms with Gasteiger partial charge in [-0.25, -0.2) is 4.98 Å². The molecule has 1 aliphatic heterocycles. The Morgan fingerprint density at radius 2 is 1.98 bits per heavy atom. The number of carboxylic acid groups (broad SMARTS) is 1. The maximum absolute atomic E-state index is 14.1. The van der Waals surface area contributed by atoms with E-state index in [4.69, 9.17) is 30.9 Å². The minimum Gasteiger partial charge on any atom is -1.00 e. The van der Waals surface area contributed by atoms with Gasteiger partial charge in [0, 0.05) is 57.9 Å². The molecule has 4 rings (SSSR count). The molecule has 0 bridgehead atoms. The van der Waals surface area contributed by atoms with E-state index in [2.05, 4.69) is 4.98 Å². The van der Waals surface area contributed by atoms with Gasteiger partial charge in [-0.05, 0) is 24.3 Å². The number of carbonyl (C=O) groups excluding carboxylic acids is 1. The van der Waals surface area contributed by atoms with Crippen LogP contribution in [0.2, 0.25) is 5.02 Å². The number of ether oxygens (including phenoxy) is 3. The number of benzene rings is 2. The summed E-state index contributed by atoms with van der Waals surface area (Å²) in [6.45, 7) is 3.83. The summed E-state index contributed by atoms with van der Waals surface area (Å²) in [4.78, 5) is 31.9. The third-order valence-corrected chi connectivity index (χ3v) is 7.68. The van der Waals surface area contributed by atoms with Crippen molar-refractivity contribution in [2.24, 2.45) is 5.41 Å². The molecule has 2 atom stereocenters. The molecule has 1 aromatic heterocycles. The third-order valence-electron chi connectivity index (χ3n) is 6.42. The number of fused-ring (bicyclic) bond motifs is 1. The molecule has 1 amide bonds. The zero-order valence-electron chi connectivity index (χ0n) is 24.8. The number of aliphatic hydroxyl groups excluding tert-OH is 1. The first-order valence-corrected chi connectivity index (χ1v) is 13.5. The van der Waals surface area contributed by atoms with Gasteiger partial charge in [-0.3, -0.25) is 9.59 Å². The Labute approximate surface area is 275 Å². The van der Waals surface area contributed by atoms with E-state index >= 15 is 0 Å². The third kappa shape index (κ3) is 7.28. The molecule has 212 valence electrons. The summed E-state index contributed by atoms with van der Waals surface area (Å²) in [5, 5.41) is 20.2. The Hall–Kier alpha value is -1.92. The van der Waals surface area contributed by atoms with E-state index in [9.17, 15) is 14.7 Å². The summed E-state index contributed by atoms with van der Waals surface area (Å²) < 4.78 is 17.8. The predicted molar refractivity (Wildman–Crippen MR) is 156 cm³/mol. The van der Waals surface area contributed by atoms with Crippen LogP contribution >= 0.6 is 22.9 Å². The van der Waals surface area contributed by atoms with Crippen molar-refractivity contribution in [3.63, 3.8) is 0 Å². The van der Waals surface area contributed by atoms with Crippen LogP contribution < -0.4 is 14.4 Å². The van der Waals surface area contributed by atoms with Crippen molar-refractivity contribution in [1.29, 1.82) is 0 Å². The van der Waals surface area contributed by atoms with Gasteiger partial charge in [0.1, 0.15) is 12.2 Å². The maximum atomic E-state index is 14.1. The summed E-state index contributed by atoms with van der Waals surface area (Å²) >= 11 is 7.69. The number of hydrogen-bond acceptors (Lipinski definition) is 8. The average Bonchev–Trinajstić information content (AvgIpc) is 3.30. The fourth-order valence-corrected chi connectivity index (χ4v) is 5.66. The molecule has 0 saturated carbocycles. The van der Waals surface area contributed by atoms with Crippen LogP contribution in [0, 0.1) is 5.41 Å². The van der Waals surface area contributed by atoms with Crippen molar-refractivity contribution >= 4 is 78.2 Å². The van der Waals surface area contributed by atoms with Gasteiger partial charge in [-0.15, -0.1) is 11.3 Å². The van der Waals surface area contributed by atoms with E-state index in [0.29, 0.717) is 43.2 Å². The molecule has 2 aromatic carbocycles. The van der Waals surface area contributed by atoms with Gasteiger partial charge < -0.3 is 32.2 Å². The van der Waals surface area contributed by atoms with Gasteiger partial charge >= 0.3 is 43.7 Å². The second kappa shape index (κ2) is 13.8. The van der Waals surface area contributed by atoms with Crippen molar-refractivity contribution < 1.29 is 36.9 Å². The van der Waals surface area contributed by atoms with Gasteiger partial charge in [-0.2, -0.15) is 0 Å². The Kier molecular flexibility index (Phi) is 11.3. The number of amides is 1. The number of anilines is 1. The molecule has 0 fully saturated rings. The van der Waals surface area contributed by atoms with E-state index in [1.807, 2.05) is 26.0 Å². The van der Waals surface area contributed by atoms with Crippen LogP contribution in [-0.2, 0) is 27.2 Å². The smallest absolute Gasteiger partial charge is 1.00 e. The number of aromatic nitrogens is 1. The van der Waals surface area contributed by atoms with Crippen LogP contribution in [0.1, 0.15) is 43.8 Å². The van der Waals surface area contributed by atoms with Gasteiger partial charge in [0.15, 0.2) is 11.5 Å². The van der Waals surface area contributed by atoms with E-state index in [-0.39, 0.29) is 72.5 Å². The molecule has 9 nitrogen and oxygen atoms in total. The standard InChI is InChI=1S/C28H31ClN2O7S.Ca.2H/c1-28(2,15-32)14-31-20-9-8-16(29)10-19(20)25(18-6-5-7-21(36-3)26(18)37-4)38-22(27(31)35)12-23-30-13-17(39-23)11-24(33)34;;;/h5-10,13,22,25,32H,11-12,14-15H2,1-4H3,(H,33,34);;;/q;+2;2*-1/t22-,25-;;;/m1.../s1. The van der Waals surface area contributed by atoms with Crippen LogP contribution in [0.15, 0.2) is 42.6 Å². The topological polar surface area (TPSA) is 118 Å². The van der Waals surface area contributed by atoms with Crippen molar-refractivity contribution in [2.45, 2.75) is 38.9 Å². The number of carbonyl (C=O) groups is 2. The predicted octanol–water partition coefficient (Wildman–Crippen LogP) is 4.37. The number of carboxylic acids is 1. The van der Waals surface area contributed by atoms with Crippen LogP contribution in [0.5, 0.6) is 11.5 Å². The molecular formula is C28H33CaClN2O7S. The van der Waals surface area contributed by atoms with Crippen molar-refractivity contribution in [3.8, 4) is 11.5 Å². The first-order chi connectivity index (χ1) is 18.6. The molecule has 1 aliphatic rings. The Bertz CT molecular complexity index is 1380. The van der Waals surface area contributed by atoms with E-state index in [1.165, 1.54) is 24.6 Å². The Morgan fingerprint density at radius 3 is 2.62 bits per heavy atom. The maximum Gasteiger partial charge on any atom is 2.00 e. The van der Waals surface area contributed by atoms with Crippen LogP contribution in [0.25, 0.3) is 0 Å². The summed E-state index contributed by atoms with van der Waals surface area (Å²) in [6.07, 6.45) is -0.252. The van der Waals surface area contributed by atoms with Crippen molar-refractivity contribution in [3.05, 3.63) is 68.6 Å². The average molecular weight is 617 g/mol. The molecule has 40 heavy (non-hydrogen) atoms. The second-order valence-electron chi connectivity index (χ2n) is 10.0. The van der Waals surface area contributed by atoms with Crippen molar-refractivity contribution in [1.82, 2.24) is 4.98 Å². The fourth-order valence-electron chi connectivity index (χ4n) is 4.54. The molecular weight excluding hydrogens is 584 g/mol. The van der Waals surface area contributed by atoms with Crippen LogP contribution in [0.3, 0.4) is 0 Å². The molecule has 0 aliphatic carbocycles. The molecule has 12 heteroatoms. The minimum absolute atomic E-state index is 0. The SMILES string of the molecule is COc1cccc([C@H]2O[C@H](Cc3ncc(CC(=O)O)s3)C(=O)N(CC(C)(C)CO)c3ccc(Cl)cc32)c1OC.[Ca+2].[H-].[H-]. The summed E-state index contributed by atoms with van der Waals surface area (Å²) in [5.74, 6) is -0.295. The number of aliphatic hydroxyl groups is 1. The monoisotopic (exact) mass is 616 g/mol. The number of rotatable bonds is 10. The molecule has 0 unspecified atom stereocenters. The van der Waals surface area contributed by atoms with Crippen LogP contribution in [-0.4, -0.2) is 98.3 Å². The largest absolute Gasteiger partial charge is 2.00 e. The number of thiazole rings is 1. The van der Waals surface area contributed by atoms with E-state index < -0.39 is 23.6 Å². The van der Waals surface area contributed by atoms with Crippen LogP contribution in [0.4, 0.5) is 5.69 Å². The van der Waals surface area contributed by atoms with E-state index in [1.54, 1.807) is 36.3 Å². The Morgan fingerprint density at radius 1 is 1.23 bits per heavy atom. The molecule has 0 spiro atoms. The quantitative estimate of drug-likeness (QED) is 0.323. The molecule has 2 N–H and O–H groups in total. The zero-order valence-corrected chi connectivity index (χ0v) is 26.6. The second-order valence-corrected chi connectivity index (χ2v) is 11.7. The Balaban J connectivity index is 0.00000294. The fraction of sp³-hybridized carbons (Fsp3) is 0.393. The first-order valence-electron chi connectivity index (χ1n) is 12.3. The molecule has 2 heterocycles. The number of halogens is 1. The summed E-state index contributed by atoms with van der Waals surface area (Å²) in [5.41, 5.74) is 1.30. The normalized spacial score (nSPS) is 17.1. The van der Waals surface area contributed by atoms with E-state index in [0.717, 1.165) is 0 Å². The number of para-hydroxylation sites is 1. The molecule has 3 aromatic rings. The van der Waals surface area contributed by atoms with Gasteiger partial charge in [0.05, 0.1) is 25.6 Å². The first kappa shape index (κ1) is 32.6. The number of aliphatic carboxylic acids is 1. The molecule has 0 radical (unpaired) electrons. The number of nitrogens with zero attached hydrogens (tertiary/aromatic N) is 2. The minimum atomic E-state index is -0.976. The molecule has 0 saturated heterocycles. The van der Waals surface area contributed by atoms with Gasteiger partial charge in [0.2, 0.25) is 0 Å². The number of hydrogen-bond donors (Lipinski definition) is 2. The summed E-state index contributed by atoms with van der Waals surface area (Å²) in [6, 6.07) is 10.7. The van der Waals surface area contributed by atoms with Gasteiger partial charge in [0.25, 0.3) is 5.91 Å². The van der Waals surface area contributed by atoms with Gasteiger partial charge in [-0.1, -0.05) is 37.6 Å². The number of methoxy groups -OCH3 is 2.